The predicted molar refractivity (Wildman–Crippen MR) is 122 cm³/mol. The molecule has 1 saturated carbocycles. The van der Waals surface area contributed by atoms with Crippen molar-refractivity contribution >= 4 is 29.1 Å². The molecule has 1 saturated heterocycles. The van der Waals surface area contributed by atoms with Crippen LogP contribution in [0.2, 0.25) is 0 Å². The largest absolute Gasteiger partial charge is 0.352 e. The smallest absolute Gasteiger partial charge is 0.264 e. The molecule has 0 unspecified atom stereocenters. The molecule has 30 heavy (non-hydrogen) atoms. The van der Waals surface area contributed by atoms with Crippen molar-refractivity contribution in [3.8, 4) is 10.4 Å². The van der Waals surface area contributed by atoms with Crippen LogP contribution in [-0.2, 0) is 0 Å². The fraction of sp³-hybridized carbons (Fsp3) is 0.292. The predicted octanol–water partition coefficient (Wildman–Crippen LogP) is 4.73. The summed E-state index contributed by atoms with van der Waals surface area (Å²) >= 11 is 1.59. The van der Waals surface area contributed by atoms with Gasteiger partial charge in [0.15, 0.2) is 0 Å². The fourth-order valence-electron chi connectivity index (χ4n) is 4.29. The average molecular weight is 417 g/mol. The zero-order valence-corrected chi connectivity index (χ0v) is 17.8. The lowest BCUT2D eigenvalue weighted by atomic mass is 10.1. The molecule has 3 heterocycles. The molecule has 1 spiro atoms. The number of benzene rings is 1. The van der Waals surface area contributed by atoms with E-state index in [-0.39, 0.29) is 11.4 Å². The maximum atomic E-state index is 13.4. The Morgan fingerprint density at radius 3 is 2.73 bits per heavy atom. The first-order valence-electron chi connectivity index (χ1n) is 10.4. The molecular formula is C24H24N4OS. The second kappa shape index (κ2) is 7.69. The van der Waals surface area contributed by atoms with Gasteiger partial charge in [-0.15, -0.1) is 11.3 Å². The number of anilines is 1. The highest BCUT2D eigenvalue weighted by Crippen LogP contribution is 2.46. The number of piperazine rings is 1. The molecule has 1 amide bonds. The van der Waals surface area contributed by atoms with Gasteiger partial charge < -0.3 is 9.80 Å². The zero-order chi connectivity index (χ0) is 20.6. The summed E-state index contributed by atoms with van der Waals surface area (Å²) in [5, 5.41) is 0. The van der Waals surface area contributed by atoms with Crippen molar-refractivity contribution in [1.82, 2.24) is 14.9 Å². The number of thiophene rings is 1. The third-order valence-corrected chi connectivity index (χ3v) is 7.09. The lowest BCUT2D eigenvalue weighted by molar-refractivity contribution is 0.0629. The van der Waals surface area contributed by atoms with Gasteiger partial charge in [0, 0.05) is 36.3 Å². The minimum atomic E-state index is -0.0651. The summed E-state index contributed by atoms with van der Waals surface area (Å²) in [7, 11) is 0. The highest BCUT2D eigenvalue weighted by atomic mass is 32.1. The minimum absolute atomic E-state index is 0.0651. The Balaban J connectivity index is 1.36. The number of rotatable bonds is 4. The first-order chi connectivity index (χ1) is 14.7. The van der Waals surface area contributed by atoms with Gasteiger partial charge in [-0.05, 0) is 37.5 Å². The van der Waals surface area contributed by atoms with Gasteiger partial charge in [-0.1, -0.05) is 42.5 Å². The molecule has 0 atom stereocenters. The van der Waals surface area contributed by atoms with Crippen LogP contribution in [0.25, 0.3) is 16.5 Å². The molecule has 1 aliphatic heterocycles. The molecule has 0 radical (unpaired) electrons. The molecule has 2 fully saturated rings. The van der Waals surface area contributed by atoms with Crippen molar-refractivity contribution < 1.29 is 4.79 Å². The van der Waals surface area contributed by atoms with Crippen molar-refractivity contribution in [1.29, 1.82) is 0 Å². The number of carbonyl (C=O) groups excluding carboxylic acids is 1. The van der Waals surface area contributed by atoms with E-state index in [9.17, 15) is 4.79 Å². The normalized spacial score (nSPS) is 17.6. The van der Waals surface area contributed by atoms with E-state index in [2.05, 4.69) is 38.0 Å². The summed E-state index contributed by atoms with van der Waals surface area (Å²) in [6.07, 6.45) is 9.62. The number of nitrogens with zero attached hydrogens (tertiary/aromatic N) is 4. The lowest BCUT2D eigenvalue weighted by Crippen LogP contribution is -2.57. The van der Waals surface area contributed by atoms with Gasteiger partial charge in [-0.3, -0.25) is 4.79 Å². The first kappa shape index (κ1) is 19.0. The Hall–Kier alpha value is -2.99. The molecule has 1 aliphatic carbocycles. The van der Waals surface area contributed by atoms with Gasteiger partial charge in [0.2, 0.25) is 0 Å². The third-order valence-electron chi connectivity index (χ3n) is 5.96. The quantitative estimate of drug-likeness (QED) is 0.617. The highest BCUT2D eigenvalue weighted by molar-refractivity contribution is 7.17. The summed E-state index contributed by atoms with van der Waals surface area (Å²) in [6, 6.07) is 14.3. The van der Waals surface area contributed by atoms with Gasteiger partial charge in [-0.25, -0.2) is 9.97 Å². The topological polar surface area (TPSA) is 49.3 Å². The van der Waals surface area contributed by atoms with Crippen LogP contribution in [0.4, 0.5) is 5.82 Å². The van der Waals surface area contributed by atoms with Crippen molar-refractivity contribution in [2.75, 3.05) is 24.5 Å². The second-order valence-electron chi connectivity index (χ2n) is 7.93. The number of hydrogen-bond donors (Lipinski definition) is 0. The summed E-state index contributed by atoms with van der Waals surface area (Å²) in [4.78, 5) is 28.5. The van der Waals surface area contributed by atoms with Crippen LogP contribution in [0.15, 0.2) is 61.1 Å². The molecule has 2 aromatic heterocycles. The number of carbonyl (C=O) groups is 1. The molecule has 6 heteroatoms. The highest BCUT2D eigenvalue weighted by Gasteiger charge is 2.53. The number of allylic oxidation sites excluding steroid dienone is 1. The number of hydrogen-bond acceptors (Lipinski definition) is 5. The standard InChI is InChI=1S/C24H24N4OS/c1-2-6-19-15-25-17-26-22(19)27-13-14-28(24(16-27)11-12-24)23(29)21-10-9-20(30-21)18-7-4-3-5-8-18/h2-10,15,17H,11-14,16H2,1H3/b6-2-. The average Bonchev–Trinajstić information content (AvgIpc) is 3.36. The SMILES string of the molecule is C/C=C\c1cncnc1N1CCN(C(=O)c2ccc(-c3ccccc3)s2)C2(CC2)C1. The number of aromatic nitrogens is 2. The van der Waals surface area contributed by atoms with Crippen LogP contribution in [0, 0.1) is 0 Å². The Morgan fingerprint density at radius 2 is 1.97 bits per heavy atom. The van der Waals surface area contributed by atoms with E-state index in [1.54, 1.807) is 17.7 Å². The first-order valence-corrected chi connectivity index (χ1v) is 11.2. The van der Waals surface area contributed by atoms with Crippen LogP contribution in [0.5, 0.6) is 0 Å². The maximum absolute atomic E-state index is 13.4. The summed E-state index contributed by atoms with van der Waals surface area (Å²) in [5.74, 6) is 1.12. The van der Waals surface area contributed by atoms with E-state index < -0.39 is 0 Å². The van der Waals surface area contributed by atoms with E-state index in [1.807, 2.05) is 49.5 Å². The summed E-state index contributed by atoms with van der Waals surface area (Å²) in [5.41, 5.74) is 2.12. The van der Waals surface area contributed by atoms with Crippen molar-refractivity contribution in [2.24, 2.45) is 0 Å². The fourth-order valence-corrected chi connectivity index (χ4v) is 5.25. The Labute approximate surface area is 180 Å². The van der Waals surface area contributed by atoms with E-state index >= 15 is 0 Å². The van der Waals surface area contributed by atoms with E-state index in [1.165, 1.54) is 0 Å². The Kier molecular flexibility index (Phi) is 4.87. The van der Waals surface area contributed by atoms with Crippen LogP contribution in [0.3, 0.4) is 0 Å². The second-order valence-corrected chi connectivity index (χ2v) is 9.02. The van der Waals surface area contributed by atoms with E-state index in [0.29, 0.717) is 0 Å². The summed E-state index contributed by atoms with van der Waals surface area (Å²) < 4.78 is 0. The lowest BCUT2D eigenvalue weighted by Gasteiger charge is -2.42. The molecule has 5 nitrogen and oxygen atoms in total. The van der Waals surface area contributed by atoms with Crippen LogP contribution < -0.4 is 4.90 Å². The van der Waals surface area contributed by atoms with E-state index in [4.69, 9.17) is 0 Å². The summed E-state index contributed by atoms with van der Waals surface area (Å²) in [6.45, 7) is 4.33. The molecule has 5 rings (SSSR count). The Morgan fingerprint density at radius 1 is 1.13 bits per heavy atom. The van der Waals surface area contributed by atoms with Gasteiger partial charge in [0.05, 0.1) is 10.4 Å². The van der Waals surface area contributed by atoms with Crippen molar-refractivity contribution in [2.45, 2.75) is 25.3 Å². The van der Waals surface area contributed by atoms with Crippen molar-refractivity contribution in [3.05, 3.63) is 71.5 Å². The molecule has 152 valence electrons. The van der Waals surface area contributed by atoms with Gasteiger partial charge in [-0.2, -0.15) is 0 Å². The zero-order valence-electron chi connectivity index (χ0n) is 17.0. The van der Waals surface area contributed by atoms with E-state index in [0.717, 1.165) is 59.2 Å². The molecule has 2 aliphatic rings. The molecule has 0 bridgehead atoms. The maximum Gasteiger partial charge on any atom is 0.264 e. The van der Waals surface area contributed by atoms with Crippen molar-refractivity contribution in [3.63, 3.8) is 0 Å². The minimum Gasteiger partial charge on any atom is -0.352 e. The monoisotopic (exact) mass is 416 g/mol. The van der Waals surface area contributed by atoms with Crippen LogP contribution >= 0.6 is 11.3 Å². The van der Waals surface area contributed by atoms with Gasteiger partial charge in [0.1, 0.15) is 12.1 Å². The van der Waals surface area contributed by atoms with Gasteiger partial charge >= 0.3 is 0 Å². The third kappa shape index (κ3) is 3.41. The van der Waals surface area contributed by atoms with Crippen LogP contribution in [-0.4, -0.2) is 45.9 Å². The van der Waals surface area contributed by atoms with Gasteiger partial charge in [0.25, 0.3) is 5.91 Å². The molecule has 3 aromatic rings. The number of amides is 1. The molecule has 0 N–H and O–H groups in total. The van der Waals surface area contributed by atoms with Crippen LogP contribution in [0.1, 0.15) is 35.0 Å². The Bertz CT molecular complexity index is 1090. The molecular weight excluding hydrogens is 392 g/mol. The molecule has 1 aromatic carbocycles.